The van der Waals surface area contributed by atoms with Crippen LogP contribution in [0.2, 0.25) is 0 Å². The molecule has 0 bridgehead atoms. The maximum absolute atomic E-state index is 13.0. The molecule has 3 rings (SSSR count). The lowest BCUT2D eigenvalue weighted by Gasteiger charge is -2.31. The third-order valence-electron chi connectivity index (χ3n) is 6.06. The Morgan fingerprint density at radius 3 is 2.37 bits per heavy atom. The number of carbonyl (C=O) groups excluding carboxylic acids is 1. The first-order chi connectivity index (χ1) is 12.9. The molecular formula is C21H32N2O3S. The monoisotopic (exact) mass is 392 g/mol. The van der Waals surface area contributed by atoms with E-state index in [-0.39, 0.29) is 11.8 Å². The number of nitrogens with zero attached hydrogens (tertiary/aromatic N) is 1. The van der Waals surface area contributed by atoms with Crippen molar-refractivity contribution in [1.29, 1.82) is 0 Å². The molecule has 0 aromatic heterocycles. The highest BCUT2D eigenvalue weighted by atomic mass is 32.2. The smallest absolute Gasteiger partial charge is 0.243 e. The first kappa shape index (κ1) is 20.3. The topological polar surface area (TPSA) is 66.5 Å². The molecule has 0 spiro atoms. The van der Waals surface area contributed by atoms with Crippen molar-refractivity contribution in [2.24, 2.45) is 11.8 Å². The van der Waals surface area contributed by atoms with Gasteiger partial charge in [0, 0.05) is 25.6 Å². The molecule has 0 unspecified atom stereocenters. The fourth-order valence-corrected chi connectivity index (χ4v) is 6.04. The van der Waals surface area contributed by atoms with Crippen LogP contribution in [-0.4, -0.2) is 38.3 Å². The van der Waals surface area contributed by atoms with Gasteiger partial charge in [0.05, 0.1) is 4.90 Å². The lowest BCUT2D eigenvalue weighted by atomic mass is 9.89. The van der Waals surface area contributed by atoms with Gasteiger partial charge >= 0.3 is 0 Å². The van der Waals surface area contributed by atoms with Crippen LogP contribution >= 0.6 is 0 Å². The molecule has 1 amide bonds. The predicted octanol–water partition coefficient (Wildman–Crippen LogP) is 3.40. The Bertz CT molecular complexity index is 762. The summed E-state index contributed by atoms with van der Waals surface area (Å²) in [6, 6.07) is 5.44. The molecule has 0 atom stereocenters. The zero-order valence-electron chi connectivity index (χ0n) is 16.5. The van der Waals surface area contributed by atoms with Crippen molar-refractivity contribution in [1.82, 2.24) is 9.62 Å². The maximum atomic E-state index is 13.0. The highest BCUT2D eigenvalue weighted by Gasteiger charge is 2.32. The van der Waals surface area contributed by atoms with Gasteiger partial charge in [-0.05, 0) is 57.1 Å². The van der Waals surface area contributed by atoms with Gasteiger partial charge in [-0.2, -0.15) is 4.31 Å². The van der Waals surface area contributed by atoms with E-state index < -0.39 is 10.0 Å². The number of amides is 1. The Hall–Kier alpha value is -1.40. The van der Waals surface area contributed by atoms with Crippen molar-refractivity contribution in [3.05, 3.63) is 29.3 Å². The van der Waals surface area contributed by atoms with Gasteiger partial charge in [-0.15, -0.1) is 0 Å². The van der Waals surface area contributed by atoms with E-state index in [1.54, 1.807) is 6.07 Å². The number of aryl methyl sites for hydroxylation is 2. The quantitative estimate of drug-likeness (QED) is 0.835. The molecule has 1 N–H and O–H groups in total. The average molecular weight is 393 g/mol. The van der Waals surface area contributed by atoms with Crippen LogP contribution in [0.5, 0.6) is 0 Å². The third kappa shape index (κ3) is 4.91. The number of benzene rings is 1. The Labute approximate surface area is 163 Å². The molecule has 1 heterocycles. The Kier molecular flexibility index (Phi) is 6.58. The van der Waals surface area contributed by atoms with Crippen LogP contribution in [0.1, 0.15) is 56.1 Å². The minimum absolute atomic E-state index is 0.0702. The van der Waals surface area contributed by atoms with Crippen molar-refractivity contribution in [2.75, 3.05) is 19.6 Å². The van der Waals surface area contributed by atoms with Crippen LogP contribution < -0.4 is 5.32 Å². The first-order valence-electron chi connectivity index (χ1n) is 10.2. The van der Waals surface area contributed by atoms with Crippen LogP contribution in [0.25, 0.3) is 0 Å². The number of hydrogen-bond acceptors (Lipinski definition) is 3. The van der Waals surface area contributed by atoms with E-state index >= 15 is 0 Å². The molecule has 1 aliphatic carbocycles. The van der Waals surface area contributed by atoms with E-state index in [0.717, 1.165) is 17.7 Å². The van der Waals surface area contributed by atoms with Crippen LogP contribution in [0, 0.1) is 25.7 Å². The van der Waals surface area contributed by atoms with Crippen molar-refractivity contribution in [3.8, 4) is 0 Å². The van der Waals surface area contributed by atoms with Crippen molar-refractivity contribution < 1.29 is 13.2 Å². The minimum atomic E-state index is -3.49. The second-order valence-electron chi connectivity index (χ2n) is 8.20. The summed E-state index contributed by atoms with van der Waals surface area (Å²) >= 11 is 0. The average Bonchev–Trinajstić information content (AvgIpc) is 2.66. The molecule has 27 heavy (non-hydrogen) atoms. The number of carbonyl (C=O) groups is 1. The van der Waals surface area contributed by atoms with Crippen LogP contribution in [0.3, 0.4) is 0 Å². The number of piperidine rings is 1. The van der Waals surface area contributed by atoms with E-state index in [0.29, 0.717) is 36.7 Å². The molecular weight excluding hydrogens is 360 g/mol. The van der Waals surface area contributed by atoms with Gasteiger partial charge in [-0.3, -0.25) is 4.79 Å². The summed E-state index contributed by atoms with van der Waals surface area (Å²) in [5.74, 6) is 0.649. The largest absolute Gasteiger partial charge is 0.356 e. The molecule has 150 valence electrons. The SMILES string of the molecule is Cc1ccc(S(=O)(=O)N2CCC(C(=O)NCC3CCCCC3)CC2)c(C)c1. The van der Waals surface area contributed by atoms with Gasteiger partial charge in [0.25, 0.3) is 0 Å². The molecule has 2 aliphatic rings. The number of hydrogen-bond donors (Lipinski definition) is 1. The molecule has 1 aliphatic heterocycles. The van der Waals surface area contributed by atoms with E-state index in [1.165, 1.54) is 36.4 Å². The van der Waals surface area contributed by atoms with Crippen molar-refractivity contribution in [2.45, 2.75) is 63.7 Å². The molecule has 0 radical (unpaired) electrons. The second-order valence-corrected chi connectivity index (χ2v) is 10.1. The molecule has 2 fully saturated rings. The standard InChI is InChI=1S/C21H32N2O3S/c1-16-8-9-20(17(2)14-16)27(25,26)23-12-10-19(11-13-23)21(24)22-15-18-6-4-3-5-7-18/h8-9,14,18-19H,3-7,10-13,15H2,1-2H3,(H,22,24). The molecule has 6 heteroatoms. The Morgan fingerprint density at radius 1 is 1.07 bits per heavy atom. The van der Waals surface area contributed by atoms with Crippen LogP contribution in [0.4, 0.5) is 0 Å². The minimum Gasteiger partial charge on any atom is -0.356 e. The summed E-state index contributed by atoms with van der Waals surface area (Å²) in [6.45, 7) is 5.40. The van der Waals surface area contributed by atoms with Gasteiger partial charge < -0.3 is 5.32 Å². The molecule has 1 aromatic carbocycles. The van der Waals surface area contributed by atoms with E-state index in [2.05, 4.69) is 5.32 Å². The highest BCUT2D eigenvalue weighted by molar-refractivity contribution is 7.89. The van der Waals surface area contributed by atoms with Crippen molar-refractivity contribution in [3.63, 3.8) is 0 Å². The summed E-state index contributed by atoms with van der Waals surface area (Å²) < 4.78 is 27.4. The first-order valence-corrected chi connectivity index (χ1v) is 11.7. The predicted molar refractivity (Wildman–Crippen MR) is 107 cm³/mol. The summed E-state index contributed by atoms with van der Waals surface area (Å²) in [5, 5.41) is 3.12. The summed E-state index contributed by atoms with van der Waals surface area (Å²) in [7, 11) is -3.49. The molecule has 1 saturated heterocycles. The van der Waals surface area contributed by atoms with Crippen LogP contribution in [0.15, 0.2) is 23.1 Å². The third-order valence-corrected chi connectivity index (χ3v) is 8.12. The van der Waals surface area contributed by atoms with Gasteiger partial charge in [-0.25, -0.2) is 8.42 Å². The lowest BCUT2D eigenvalue weighted by Crippen LogP contribution is -2.44. The van der Waals surface area contributed by atoms with Gasteiger partial charge in [0.2, 0.25) is 15.9 Å². The molecule has 1 aromatic rings. The maximum Gasteiger partial charge on any atom is 0.243 e. The summed E-state index contributed by atoms with van der Waals surface area (Å²) in [6.07, 6.45) is 7.49. The zero-order valence-corrected chi connectivity index (χ0v) is 17.4. The normalized spacial score (nSPS) is 20.5. The fraction of sp³-hybridized carbons (Fsp3) is 0.667. The lowest BCUT2D eigenvalue weighted by molar-refractivity contribution is -0.126. The number of sulfonamides is 1. The summed E-state index contributed by atoms with van der Waals surface area (Å²) in [5.41, 5.74) is 1.84. The Balaban J connectivity index is 1.53. The summed E-state index contributed by atoms with van der Waals surface area (Å²) in [4.78, 5) is 12.9. The van der Waals surface area contributed by atoms with Crippen LogP contribution in [-0.2, 0) is 14.8 Å². The molecule has 1 saturated carbocycles. The number of nitrogens with one attached hydrogen (secondary N) is 1. The van der Waals surface area contributed by atoms with Gasteiger partial charge in [-0.1, -0.05) is 37.0 Å². The highest BCUT2D eigenvalue weighted by Crippen LogP contribution is 2.27. The van der Waals surface area contributed by atoms with Gasteiger partial charge in [0.1, 0.15) is 0 Å². The zero-order chi connectivity index (χ0) is 19.4. The van der Waals surface area contributed by atoms with E-state index in [9.17, 15) is 13.2 Å². The molecule has 5 nitrogen and oxygen atoms in total. The second kappa shape index (κ2) is 8.74. The van der Waals surface area contributed by atoms with Crippen molar-refractivity contribution >= 4 is 15.9 Å². The van der Waals surface area contributed by atoms with E-state index in [4.69, 9.17) is 0 Å². The number of rotatable bonds is 5. The Morgan fingerprint density at radius 2 is 1.74 bits per heavy atom. The fourth-order valence-electron chi connectivity index (χ4n) is 4.37. The van der Waals surface area contributed by atoms with E-state index in [1.807, 2.05) is 26.0 Å². The van der Waals surface area contributed by atoms with Gasteiger partial charge in [0.15, 0.2) is 0 Å².